The predicted octanol–water partition coefficient (Wildman–Crippen LogP) is 2.02. The Bertz CT molecular complexity index is 504. The quantitative estimate of drug-likeness (QED) is 0.904. The standard InChI is InChI=1S/C16H23N3O2/c1-16(21)7-3-2-5-13(16)14-6-4-8-19(14)15(20)12-9-17-11-18-10-12/h9-11,13-14,21H,2-8H2,1H3/t13-,14-,16-/m0/s1. The van der Waals surface area contributed by atoms with E-state index >= 15 is 0 Å². The van der Waals surface area contributed by atoms with E-state index in [1.807, 2.05) is 11.8 Å². The van der Waals surface area contributed by atoms with E-state index in [0.29, 0.717) is 5.56 Å². The summed E-state index contributed by atoms with van der Waals surface area (Å²) >= 11 is 0. The fourth-order valence-electron chi connectivity index (χ4n) is 3.99. The van der Waals surface area contributed by atoms with Gasteiger partial charge in [-0.25, -0.2) is 9.97 Å². The summed E-state index contributed by atoms with van der Waals surface area (Å²) in [6.07, 6.45) is 10.6. The van der Waals surface area contributed by atoms with Crippen LogP contribution < -0.4 is 0 Å². The van der Waals surface area contributed by atoms with Gasteiger partial charge in [-0.2, -0.15) is 0 Å². The number of rotatable bonds is 2. The summed E-state index contributed by atoms with van der Waals surface area (Å²) in [6.45, 7) is 2.70. The molecule has 1 aliphatic heterocycles. The number of nitrogens with zero attached hydrogens (tertiary/aromatic N) is 3. The number of likely N-dealkylation sites (tertiary alicyclic amines) is 1. The van der Waals surface area contributed by atoms with Gasteiger partial charge in [0.15, 0.2) is 0 Å². The van der Waals surface area contributed by atoms with Crippen LogP contribution in [0.2, 0.25) is 0 Å². The summed E-state index contributed by atoms with van der Waals surface area (Å²) in [5.74, 6) is 0.182. The van der Waals surface area contributed by atoms with Crippen LogP contribution in [0, 0.1) is 5.92 Å². The van der Waals surface area contributed by atoms with Gasteiger partial charge in [0.2, 0.25) is 0 Å². The highest BCUT2D eigenvalue weighted by atomic mass is 16.3. The first kappa shape index (κ1) is 14.4. The van der Waals surface area contributed by atoms with E-state index in [2.05, 4.69) is 9.97 Å². The summed E-state index contributed by atoms with van der Waals surface area (Å²) in [7, 11) is 0. The van der Waals surface area contributed by atoms with E-state index in [1.54, 1.807) is 12.4 Å². The Labute approximate surface area is 125 Å². The summed E-state index contributed by atoms with van der Waals surface area (Å²) in [6, 6.07) is 0.146. The zero-order valence-corrected chi connectivity index (χ0v) is 12.5. The second-order valence-corrected chi connectivity index (χ2v) is 6.54. The Morgan fingerprint density at radius 3 is 2.76 bits per heavy atom. The van der Waals surface area contributed by atoms with Gasteiger partial charge in [-0.05, 0) is 32.6 Å². The monoisotopic (exact) mass is 289 g/mol. The lowest BCUT2D eigenvalue weighted by molar-refractivity contribution is -0.0577. The molecule has 1 saturated heterocycles. The molecule has 1 aromatic rings. The predicted molar refractivity (Wildman–Crippen MR) is 78.7 cm³/mol. The second kappa shape index (κ2) is 5.72. The van der Waals surface area contributed by atoms with Gasteiger partial charge in [-0.15, -0.1) is 0 Å². The molecule has 5 nitrogen and oxygen atoms in total. The molecule has 0 bridgehead atoms. The van der Waals surface area contributed by atoms with Gasteiger partial charge in [0.05, 0.1) is 11.2 Å². The van der Waals surface area contributed by atoms with E-state index in [1.165, 1.54) is 6.33 Å². The van der Waals surface area contributed by atoms with Crippen molar-refractivity contribution in [1.82, 2.24) is 14.9 Å². The molecule has 0 aromatic carbocycles. The lowest BCUT2D eigenvalue weighted by Gasteiger charge is -2.43. The maximum absolute atomic E-state index is 12.7. The van der Waals surface area contributed by atoms with E-state index in [-0.39, 0.29) is 17.9 Å². The largest absolute Gasteiger partial charge is 0.390 e. The summed E-state index contributed by atoms with van der Waals surface area (Å²) in [5, 5.41) is 10.7. The number of carbonyl (C=O) groups excluding carboxylic acids is 1. The van der Waals surface area contributed by atoms with Crippen molar-refractivity contribution in [2.45, 2.75) is 57.1 Å². The number of hydrogen-bond acceptors (Lipinski definition) is 4. The molecule has 3 rings (SSSR count). The minimum atomic E-state index is -0.654. The molecule has 114 valence electrons. The zero-order chi connectivity index (χ0) is 14.9. The van der Waals surface area contributed by atoms with Gasteiger partial charge in [0.25, 0.3) is 5.91 Å². The molecule has 2 fully saturated rings. The number of aliphatic hydroxyl groups is 1. The molecule has 1 saturated carbocycles. The normalized spacial score (nSPS) is 33.1. The molecule has 1 amide bonds. The Hall–Kier alpha value is -1.49. The lowest BCUT2D eigenvalue weighted by Crippen LogP contribution is -2.50. The Balaban J connectivity index is 1.81. The minimum Gasteiger partial charge on any atom is -0.390 e. The Morgan fingerprint density at radius 2 is 2.05 bits per heavy atom. The fourth-order valence-corrected chi connectivity index (χ4v) is 3.99. The highest BCUT2D eigenvalue weighted by molar-refractivity contribution is 5.94. The number of hydrogen-bond donors (Lipinski definition) is 1. The third-order valence-corrected chi connectivity index (χ3v) is 5.08. The van der Waals surface area contributed by atoms with Crippen molar-refractivity contribution in [2.75, 3.05) is 6.54 Å². The number of aromatic nitrogens is 2. The summed E-state index contributed by atoms with van der Waals surface area (Å²) in [5.41, 5.74) is -0.112. The Morgan fingerprint density at radius 1 is 1.29 bits per heavy atom. The maximum atomic E-state index is 12.7. The molecule has 0 spiro atoms. The Kier molecular flexibility index (Phi) is 3.93. The fraction of sp³-hybridized carbons (Fsp3) is 0.688. The van der Waals surface area contributed by atoms with Crippen LogP contribution in [0.3, 0.4) is 0 Å². The van der Waals surface area contributed by atoms with E-state index in [0.717, 1.165) is 45.1 Å². The van der Waals surface area contributed by atoms with Crippen LogP contribution in [-0.4, -0.2) is 44.1 Å². The van der Waals surface area contributed by atoms with Gasteiger partial charge in [0, 0.05) is 30.9 Å². The van der Waals surface area contributed by atoms with Crippen LogP contribution in [0.15, 0.2) is 18.7 Å². The lowest BCUT2D eigenvalue weighted by atomic mass is 9.72. The molecule has 0 unspecified atom stereocenters. The molecule has 1 aliphatic carbocycles. The maximum Gasteiger partial charge on any atom is 0.257 e. The topological polar surface area (TPSA) is 66.3 Å². The first-order chi connectivity index (χ1) is 10.1. The van der Waals surface area contributed by atoms with Crippen molar-refractivity contribution in [2.24, 2.45) is 5.92 Å². The first-order valence-electron chi connectivity index (χ1n) is 7.88. The minimum absolute atomic E-state index is 0.000488. The van der Waals surface area contributed by atoms with Crippen LogP contribution in [0.5, 0.6) is 0 Å². The number of amides is 1. The third-order valence-electron chi connectivity index (χ3n) is 5.08. The SMILES string of the molecule is C[C@]1(O)CCCC[C@H]1[C@@H]1CCCN1C(=O)c1cncnc1. The average Bonchev–Trinajstić information content (AvgIpc) is 2.96. The average molecular weight is 289 g/mol. The molecular formula is C16H23N3O2. The molecule has 1 N–H and O–H groups in total. The van der Waals surface area contributed by atoms with Crippen LogP contribution in [0.1, 0.15) is 55.8 Å². The molecule has 2 aliphatic rings. The van der Waals surface area contributed by atoms with Gasteiger partial charge in [-0.3, -0.25) is 4.79 Å². The third kappa shape index (κ3) is 2.79. The zero-order valence-electron chi connectivity index (χ0n) is 12.5. The highest BCUT2D eigenvalue weighted by Gasteiger charge is 2.44. The number of carbonyl (C=O) groups is 1. The molecular weight excluding hydrogens is 266 g/mol. The van der Waals surface area contributed by atoms with Crippen LogP contribution >= 0.6 is 0 Å². The van der Waals surface area contributed by atoms with Gasteiger partial charge >= 0.3 is 0 Å². The molecule has 21 heavy (non-hydrogen) atoms. The van der Waals surface area contributed by atoms with Crippen LogP contribution in [-0.2, 0) is 0 Å². The van der Waals surface area contributed by atoms with Gasteiger partial charge in [-0.1, -0.05) is 12.8 Å². The van der Waals surface area contributed by atoms with Crippen molar-refractivity contribution in [3.05, 3.63) is 24.3 Å². The molecule has 3 atom stereocenters. The van der Waals surface area contributed by atoms with Crippen LogP contribution in [0.4, 0.5) is 0 Å². The van der Waals surface area contributed by atoms with Crippen molar-refractivity contribution >= 4 is 5.91 Å². The smallest absolute Gasteiger partial charge is 0.257 e. The van der Waals surface area contributed by atoms with Crippen molar-refractivity contribution in [1.29, 1.82) is 0 Å². The van der Waals surface area contributed by atoms with Gasteiger partial charge < -0.3 is 10.0 Å². The molecule has 5 heteroatoms. The van der Waals surface area contributed by atoms with Crippen LogP contribution in [0.25, 0.3) is 0 Å². The van der Waals surface area contributed by atoms with Crippen molar-refractivity contribution < 1.29 is 9.90 Å². The first-order valence-corrected chi connectivity index (χ1v) is 7.88. The molecule has 0 radical (unpaired) electrons. The van der Waals surface area contributed by atoms with E-state index in [9.17, 15) is 9.90 Å². The van der Waals surface area contributed by atoms with Crippen molar-refractivity contribution in [3.63, 3.8) is 0 Å². The summed E-state index contributed by atoms with van der Waals surface area (Å²) < 4.78 is 0. The summed E-state index contributed by atoms with van der Waals surface area (Å²) in [4.78, 5) is 22.5. The van der Waals surface area contributed by atoms with Gasteiger partial charge in [0.1, 0.15) is 6.33 Å². The van der Waals surface area contributed by atoms with Crippen molar-refractivity contribution in [3.8, 4) is 0 Å². The van der Waals surface area contributed by atoms with E-state index in [4.69, 9.17) is 0 Å². The second-order valence-electron chi connectivity index (χ2n) is 6.54. The van der Waals surface area contributed by atoms with E-state index < -0.39 is 5.60 Å². The highest BCUT2D eigenvalue weighted by Crippen LogP contribution is 2.40. The molecule has 1 aromatic heterocycles. The molecule has 2 heterocycles.